The van der Waals surface area contributed by atoms with Gasteiger partial charge in [-0.3, -0.25) is 4.79 Å². The van der Waals surface area contributed by atoms with Gasteiger partial charge in [0, 0.05) is 25.7 Å². The van der Waals surface area contributed by atoms with E-state index in [-0.39, 0.29) is 18.0 Å². The molecule has 1 rings (SSSR count). The van der Waals surface area contributed by atoms with Gasteiger partial charge in [0.15, 0.2) is 0 Å². The largest absolute Gasteiger partial charge is 0.353 e. The number of hydrogen-bond acceptors (Lipinski definition) is 3. The predicted octanol–water partition coefficient (Wildman–Crippen LogP) is -0.928. The number of hydrogen-bond donors (Lipinski definition) is 3. The molecule has 1 heterocycles. The summed E-state index contributed by atoms with van der Waals surface area (Å²) in [5.74, 6) is 0.0946. The Labute approximate surface area is 73.1 Å². The van der Waals surface area contributed by atoms with Crippen LogP contribution in [-0.4, -0.2) is 37.6 Å². The van der Waals surface area contributed by atoms with Crippen LogP contribution in [0.2, 0.25) is 0 Å². The zero-order chi connectivity index (χ0) is 8.97. The second kappa shape index (κ2) is 4.42. The van der Waals surface area contributed by atoms with Gasteiger partial charge in [-0.2, -0.15) is 0 Å². The van der Waals surface area contributed by atoms with E-state index < -0.39 is 0 Å². The monoisotopic (exact) mass is 171 g/mol. The van der Waals surface area contributed by atoms with Crippen LogP contribution in [0.25, 0.3) is 0 Å². The minimum atomic E-state index is -0.0545. The van der Waals surface area contributed by atoms with Crippen molar-refractivity contribution >= 4 is 5.91 Å². The lowest BCUT2D eigenvalue weighted by molar-refractivity contribution is -0.123. The van der Waals surface area contributed by atoms with Crippen molar-refractivity contribution in [3.63, 3.8) is 0 Å². The maximum absolute atomic E-state index is 11.4. The molecule has 3 N–H and O–H groups in total. The Morgan fingerprint density at radius 1 is 1.50 bits per heavy atom. The van der Waals surface area contributed by atoms with E-state index in [1.165, 1.54) is 0 Å². The van der Waals surface area contributed by atoms with Crippen LogP contribution in [0.15, 0.2) is 0 Å². The fraction of sp³-hybridized carbons (Fsp3) is 0.875. The Morgan fingerprint density at radius 2 is 2.25 bits per heavy atom. The van der Waals surface area contributed by atoms with Crippen molar-refractivity contribution in [3.8, 4) is 0 Å². The molecule has 0 saturated carbocycles. The first-order chi connectivity index (χ1) is 5.70. The molecule has 0 aromatic heterocycles. The zero-order valence-electron chi connectivity index (χ0n) is 7.68. The molecule has 1 aliphatic heterocycles. The number of amides is 1. The van der Waals surface area contributed by atoms with E-state index in [1.54, 1.807) is 0 Å². The van der Waals surface area contributed by atoms with Crippen molar-refractivity contribution < 1.29 is 4.79 Å². The van der Waals surface area contributed by atoms with Gasteiger partial charge in [0.1, 0.15) is 0 Å². The number of nitrogens with one attached hydrogen (secondary N) is 3. The van der Waals surface area contributed by atoms with Gasteiger partial charge in [0.25, 0.3) is 0 Å². The zero-order valence-corrected chi connectivity index (χ0v) is 7.68. The van der Waals surface area contributed by atoms with Crippen LogP contribution in [0.5, 0.6) is 0 Å². The highest BCUT2D eigenvalue weighted by Crippen LogP contribution is 1.88. The van der Waals surface area contributed by atoms with Gasteiger partial charge < -0.3 is 16.0 Å². The van der Waals surface area contributed by atoms with Crippen molar-refractivity contribution in [2.24, 2.45) is 0 Å². The predicted molar refractivity (Wildman–Crippen MR) is 47.9 cm³/mol. The highest BCUT2D eigenvalue weighted by Gasteiger charge is 2.19. The lowest BCUT2D eigenvalue weighted by atomic mass is 10.2. The van der Waals surface area contributed by atoms with Crippen LogP contribution in [-0.2, 0) is 4.79 Å². The summed E-state index contributed by atoms with van der Waals surface area (Å²) in [6, 6.07) is 0.169. The maximum Gasteiger partial charge on any atom is 0.238 e. The first kappa shape index (κ1) is 9.48. The molecule has 0 bridgehead atoms. The molecule has 1 aliphatic rings. The Kier molecular flexibility index (Phi) is 3.49. The molecule has 4 heteroatoms. The average Bonchev–Trinajstić information content (AvgIpc) is 2.05. The fourth-order valence-corrected chi connectivity index (χ4v) is 1.22. The van der Waals surface area contributed by atoms with E-state index in [4.69, 9.17) is 0 Å². The molecule has 0 aromatic rings. The molecular formula is C8H17N3O. The van der Waals surface area contributed by atoms with Crippen LogP contribution < -0.4 is 16.0 Å². The maximum atomic E-state index is 11.4. The third-order valence-corrected chi connectivity index (χ3v) is 1.79. The second-order valence-corrected chi connectivity index (χ2v) is 3.37. The molecule has 1 amide bonds. The highest BCUT2D eigenvalue weighted by molar-refractivity contribution is 5.82. The highest BCUT2D eigenvalue weighted by atomic mass is 16.2. The Hall–Kier alpha value is -0.610. The van der Waals surface area contributed by atoms with Gasteiger partial charge in [-0.1, -0.05) is 0 Å². The van der Waals surface area contributed by atoms with Gasteiger partial charge in [-0.25, -0.2) is 0 Å². The smallest absolute Gasteiger partial charge is 0.238 e. The molecular weight excluding hydrogens is 154 g/mol. The quantitative estimate of drug-likeness (QED) is 0.503. The van der Waals surface area contributed by atoms with Crippen LogP contribution in [0.4, 0.5) is 0 Å². The molecule has 12 heavy (non-hydrogen) atoms. The molecule has 0 spiro atoms. The summed E-state index contributed by atoms with van der Waals surface area (Å²) in [6.07, 6.45) is 0. The molecule has 1 fully saturated rings. The summed E-state index contributed by atoms with van der Waals surface area (Å²) in [4.78, 5) is 11.4. The number of piperazine rings is 1. The van der Waals surface area contributed by atoms with Crippen molar-refractivity contribution in [3.05, 3.63) is 0 Å². The molecule has 1 saturated heterocycles. The SMILES string of the molecule is CC(C)NC(=O)C1CNCCN1. The summed E-state index contributed by atoms with van der Waals surface area (Å²) in [6.45, 7) is 6.49. The van der Waals surface area contributed by atoms with E-state index in [0.717, 1.165) is 19.6 Å². The van der Waals surface area contributed by atoms with E-state index in [0.29, 0.717) is 0 Å². The van der Waals surface area contributed by atoms with E-state index in [2.05, 4.69) is 16.0 Å². The first-order valence-corrected chi connectivity index (χ1v) is 4.44. The number of rotatable bonds is 2. The minimum Gasteiger partial charge on any atom is -0.353 e. The molecule has 0 aliphatic carbocycles. The minimum absolute atomic E-state index is 0.0545. The van der Waals surface area contributed by atoms with Crippen LogP contribution in [0.1, 0.15) is 13.8 Å². The molecule has 1 unspecified atom stereocenters. The van der Waals surface area contributed by atoms with Crippen molar-refractivity contribution in [1.82, 2.24) is 16.0 Å². The lowest BCUT2D eigenvalue weighted by Gasteiger charge is -2.24. The van der Waals surface area contributed by atoms with Crippen LogP contribution in [0, 0.1) is 0 Å². The third kappa shape index (κ3) is 2.79. The molecule has 0 radical (unpaired) electrons. The van der Waals surface area contributed by atoms with Crippen molar-refractivity contribution in [2.45, 2.75) is 25.9 Å². The van der Waals surface area contributed by atoms with Gasteiger partial charge in [0.05, 0.1) is 6.04 Å². The van der Waals surface area contributed by atoms with Gasteiger partial charge in [-0.05, 0) is 13.8 Å². The molecule has 4 nitrogen and oxygen atoms in total. The van der Waals surface area contributed by atoms with Crippen LogP contribution >= 0.6 is 0 Å². The van der Waals surface area contributed by atoms with E-state index in [1.807, 2.05) is 13.8 Å². The van der Waals surface area contributed by atoms with Gasteiger partial charge in [-0.15, -0.1) is 0 Å². The normalized spacial score (nSPS) is 24.1. The summed E-state index contributed by atoms with van der Waals surface area (Å²) < 4.78 is 0. The topological polar surface area (TPSA) is 53.2 Å². The first-order valence-electron chi connectivity index (χ1n) is 4.44. The summed E-state index contributed by atoms with van der Waals surface area (Å²) >= 11 is 0. The van der Waals surface area contributed by atoms with Gasteiger partial charge in [0.2, 0.25) is 5.91 Å². The summed E-state index contributed by atoms with van der Waals surface area (Å²) in [7, 11) is 0. The Bertz CT molecular complexity index is 152. The number of carbonyl (C=O) groups is 1. The lowest BCUT2D eigenvalue weighted by Crippen LogP contribution is -2.56. The summed E-state index contributed by atoms with van der Waals surface area (Å²) in [5, 5.41) is 9.19. The Balaban J connectivity index is 2.30. The third-order valence-electron chi connectivity index (χ3n) is 1.79. The van der Waals surface area contributed by atoms with Gasteiger partial charge >= 0.3 is 0 Å². The fourth-order valence-electron chi connectivity index (χ4n) is 1.22. The number of carbonyl (C=O) groups excluding carboxylic acids is 1. The average molecular weight is 171 g/mol. The van der Waals surface area contributed by atoms with Crippen molar-refractivity contribution in [1.29, 1.82) is 0 Å². The summed E-state index contributed by atoms with van der Waals surface area (Å²) in [5.41, 5.74) is 0. The molecule has 1 atom stereocenters. The molecule has 0 aromatic carbocycles. The second-order valence-electron chi connectivity index (χ2n) is 3.37. The van der Waals surface area contributed by atoms with Crippen LogP contribution in [0.3, 0.4) is 0 Å². The van der Waals surface area contributed by atoms with E-state index in [9.17, 15) is 4.79 Å². The Morgan fingerprint density at radius 3 is 2.75 bits per heavy atom. The molecule has 70 valence electrons. The van der Waals surface area contributed by atoms with Crippen molar-refractivity contribution in [2.75, 3.05) is 19.6 Å². The standard InChI is InChI=1S/C8H17N3O/c1-6(2)11-8(12)7-5-9-3-4-10-7/h6-7,9-10H,3-5H2,1-2H3,(H,11,12). The van der Waals surface area contributed by atoms with E-state index >= 15 is 0 Å².